The molecule has 0 aromatic rings. The number of nitrogens with one attached hydrogen (secondary N) is 2. The summed E-state index contributed by atoms with van der Waals surface area (Å²) in [6.45, 7) is 8.39. The summed E-state index contributed by atoms with van der Waals surface area (Å²) in [6.07, 6.45) is 10.8. The van der Waals surface area contributed by atoms with E-state index in [1.165, 1.54) is 58.0 Å². The molecule has 0 bridgehead atoms. The molecule has 1 saturated heterocycles. The van der Waals surface area contributed by atoms with Gasteiger partial charge in [-0.1, -0.05) is 32.1 Å². The number of hydrogen-bond acceptors (Lipinski definition) is 2. The molecule has 0 aromatic carbocycles. The number of hydrogen-bond donors (Lipinski definition) is 2. The van der Waals surface area contributed by atoms with Gasteiger partial charge in [0.2, 0.25) is 5.91 Å². The predicted octanol–water partition coefficient (Wildman–Crippen LogP) is 3.49. The van der Waals surface area contributed by atoms with E-state index < -0.39 is 0 Å². The second-order valence-corrected chi connectivity index (χ2v) is 7.92. The molecule has 3 nitrogen and oxygen atoms in total. The highest BCUT2D eigenvalue weighted by Gasteiger charge is 2.35. The first-order chi connectivity index (χ1) is 9.98. The van der Waals surface area contributed by atoms with Crippen molar-refractivity contribution in [2.75, 3.05) is 13.1 Å². The summed E-state index contributed by atoms with van der Waals surface area (Å²) < 4.78 is 0. The molecule has 2 N–H and O–H groups in total. The fraction of sp³-hybridized carbons (Fsp3) is 0.944. The van der Waals surface area contributed by atoms with E-state index in [0.717, 1.165) is 24.2 Å². The minimum Gasteiger partial charge on any atom is -0.351 e. The van der Waals surface area contributed by atoms with E-state index in [1.54, 1.807) is 6.92 Å². The molecule has 122 valence electrons. The maximum Gasteiger partial charge on any atom is 0.217 e. The number of rotatable bonds is 5. The van der Waals surface area contributed by atoms with Gasteiger partial charge in [-0.05, 0) is 64.0 Å². The van der Waals surface area contributed by atoms with Crippen molar-refractivity contribution in [1.82, 2.24) is 10.6 Å². The first-order valence-electron chi connectivity index (χ1n) is 8.97. The number of amides is 1. The van der Waals surface area contributed by atoms with Gasteiger partial charge in [-0.3, -0.25) is 4.79 Å². The monoisotopic (exact) mass is 294 g/mol. The van der Waals surface area contributed by atoms with Gasteiger partial charge in [0.05, 0.1) is 0 Å². The fourth-order valence-electron chi connectivity index (χ4n) is 4.67. The van der Waals surface area contributed by atoms with Gasteiger partial charge in [-0.15, -0.1) is 0 Å². The Kier molecular flexibility index (Phi) is 6.09. The van der Waals surface area contributed by atoms with Crippen LogP contribution in [-0.4, -0.2) is 24.5 Å². The molecule has 3 heteroatoms. The Bertz CT molecular complexity index is 310. The molecule has 2 aliphatic rings. The summed E-state index contributed by atoms with van der Waals surface area (Å²) in [5.41, 5.74) is -0.0706. The Morgan fingerprint density at radius 3 is 2.24 bits per heavy atom. The lowest BCUT2D eigenvalue weighted by molar-refractivity contribution is -0.120. The molecule has 2 fully saturated rings. The number of piperidine rings is 1. The topological polar surface area (TPSA) is 41.1 Å². The van der Waals surface area contributed by atoms with Crippen LogP contribution >= 0.6 is 0 Å². The van der Waals surface area contributed by atoms with Crippen molar-refractivity contribution in [3.05, 3.63) is 0 Å². The van der Waals surface area contributed by atoms with E-state index in [1.807, 2.05) is 0 Å². The van der Waals surface area contributed by atoms with Crippen LogP contribution in [0.2, 0.25) is 0 Å². The average molecular weight is 294 g/mol. The Balaban J connectivity index is 2.04. The molecular formula is C18H34N2O. The van der Waals surface area contributed by atoms with Gasteiger partial charge in [-0.2, -0.15) is 0 Å². The summed E-state index contributed by atoms with van der Waals surface area (Å²) in [5.74, 6) is 2.62. The minimum atomic E-state index is -0.0706. The van der Waals surface area contributed by atoms with Crippen LogP contribution in [0.1, 0.15) is 72.1 Å². The zero-order valence-electron chi connectivity index (χ0n) is 14.2. The Morgan fingerprint density at radius 1 is 1.10 bits per heavy atom. The molecule has 0 spiro atoms. The van der Waals surface area contributed by atoms with E-state index in [2.05, 4.69) is 24.5 Å². The maximum atomic E-state index is 11.5. The zero-order chi connectivity index (χ0) is 15.3. The van der Waals surface area contributed by atoms with Crippen molar-refractivity contribution in [2.24, 2.45) is 17.8 Å². The molecule has 0 unspecified atom stereocenters. The van der Waals surface area contributed by atoms with Gasteiger partial charge in [-0.25, -0.2) is 0 Å². The summed E-state index contributed by atoms with van der Waals surface area (Å²) in [4.78, 5) is 11.5. The molecule has 1 aliphatic heterocycles. The van der Waals surface area contributed by atoms with Gasteiger partial charge >= 0.3 is 0 Å². The van der Waals surface area contributed by atoms with Crippen LogP contribution in [0, 0.1) is 17.8 Å². The zero-order valence-corrected chi connectivity index (χ0v) is 14.2. The maximum absolute atomic E-state index is 11.5. The number of carbonyl (C=O) groups is 1. The van der Waals surface area contributed by atoms with Gasteiger partial charge < -0.3 is 10.6 Å². The van der Waals surface area contributed by atoms with E-state index in [9.17, 15) is 4.79 Å². The third-order valence-corrected chi connectivity index (χ3v) is 5.51. The Labute approximate surface area is 130 Å². The highest BCUT2D eigenvalue weighted by atomic mass is 16.1. The summed E-state index contributed by atoms with van der Waals surface area (Å²) in [5, 5.41) is 6.67. The van der Waals surface area contributed by atoms with Crippen LogP contribution in [0.4, 0.5) is 0 Å². The molecule has 21 heavy (non-hydrogen) atoms. The molecule has 0 radical (unpaired) electrons. The van der Waals surface area contributed by atoms with Crippen molar-refractivity contribution >= 4 is 5.91 Å². The van der Waals surface area contributed by atoms with Crippen molar-refractivity contribution in [3.8, 4) is 0 Å². The van der Waals surface area contributed by atoms with Crippen molar-refractivity contribution < 1.29 is 4.79 Å². The van der Waals surface area contributed by atoms with Gasteiger partial charge in [0.1, 0.15) is 0 Å². The van der Waals surface area contributed by atoms with Crippen molar-refractivity contribution in [2.45, 2.75) is 77.7 Å². The molecule has 1 aliphatic carbocycles. The summed E-state index contributed by atoms with van der Waals surface area (Å²) in [6, 6.07) is 0. The van der Waals surface area contributed by atoms with E-state index in [-0.39, 0.29) is 11.4 Å². The summed E-state index contributed by atoms with van der Waals surface area (Å²) in [7, 11) is 0. The lowest BCUT2D eigenvalue weighted by atomic mass is 9.67. The van der Waals surface area contributed by atoms with Crippen LogP contribution in [0.5, 0.6) is 0 Å². The lowest BCUT2D eigenvalue weighted by Crippen LogP contribution is -2.47. The fourth-order valence-corrected chi connectivity index (χ4v) is 4.67. The van der Waals surface area contributed by atoms with E-state index in [4.69, 9.17) is 0 Å². The smallest absolute Gasteiger partial charge is 0.217 e. The molecule has 0 aromatic heterocycles. The van der Waals surface area contributed by atoms with Gasteiger partial charge in [0.25, 0.3) is 0 Å². The first-order valence-corrected chi connectivity index (χ1v) is 8.97. The van der Waals surface area contributed by atoms with Crippen molar-refractivity contribution in [1.29, 1.82) is 0 Å². The second-order valence-electron chi connectivity index (χ2n) is 7.92. The van der Waals surface area contributed by atoms with Crippen LogP contribution in [-0.2, 0) is 4.79 Å². The third-order valence-electron chi connectivity index (χ3n) is 5.51. The molecule has 1 amide bonds. The van der Waals surface area contributed by atoms with Gasteiger partial charge in [0.15, 0.2) is 0 Å². The number of carbonyl (C=O) groups excluding carboxylic acids is 1. The highest BCUT2D eigenvalue weighted by Crippen LogP contribution is 2.41. The Hall–Kier alpha value is -0.570. The Morgan fingerprint density at radius 2 is 1.67 bits per heavy atom. The normalized spacial score (nSPS) is 23.8. The quantitative estimate of drug-likeness (QED) is 0.815. The predicted molar refractivity (Wildman–Crippen MR) is 88.2 cm³/mol. The minimum absolute atomic E-state index is 0.0706. The molecule has 2 rings (SSSR count). The second kappa shape index (κ2) is 7.62. The van der Waals surface area contributed by atoms with E-state index in [0.29, 0.717) is 0 Å². The summed E-state index contributed by atoms with van der Waals surface area (Å²) >= 11 is 0. The third kappa shape index (κ3) is 5.28. The highest BCUT2D eigenvalue weighted by molar-refractivity contribution is 5.73. The van der Waals surface area contributed by atoms with Gasteiger partial charge in [0, 0.05) is 12.5 Å². The van der Waals surface area contributed by atoms with E-state index >= 15 is 0 Å². The molecule has 1 saturated carbocycles. The van der Waals surface area contributed by atoms with Crippen LogP contribution in [0.25, 0.3) is 0 Å². The van der Waals surface area contributed by atoms with Crippen LogP contribution in [0.3, 0.4) is 0 Å². The van der Waals surface area contributed by atoms with Crippen LogP contribution < -0.4 is 10.6 Å². The molecule has 1 atom stereocenters. The SMILES string of the molecule is CC(=O)NC(C)(C)C[C@@H](C1CCCCC1)C1CCNCC1. The van der Waals surface area contributed by atoms with Crippen LogP contribution in [0.15, 0.2) is 0 Å². The standard InChI is InChI=1S/C18H34N2O/c1-14(21)20-18(2,3)13-17(15-7-5-4-6-8-15)16-9-11-19-12-10-16/h15-17,19H,4-13H2,1-3H3,(H,20,21)/t17-/m0/s1. The molecular weight excluding hydrogens is 260 g/mol. The van der Waals surface area contributed by atoms with Crippen molar-refractivity contribution in [3.63, 3.8) is 0 Å². The lowest BCUT2D eigenvalue weighted by Gasteiger charge is -2.42. The first kappa shape index (κ1) is 16.8. The largest absolute Gasteiger partial charge is 0.351 e. The average Bonchev–Trinajstić information content (AvgIpc) is 2.45. The molecule has 1 heterocycles.